The topological polar surface area (TPSA) is 9.23 Å². The van der Waals surface area contributed by atoms with Crippen molar-refractivity contribution in [1.82, 2.24) is 0 Å². The van der Waals surface area contributed by atoms with Crippen LogP contribution in [0.25, 0.3) is 0 Å². The average molecular weight is 262 g/mol. The third-order valence-corrected chi connectivity index (χ3v) is 6.70. The predicted molar refractivity (Wildman–Crippen MR) is 79.7 cm³/mol. The van der Waals surface area contributed by atoms with Gasteiger partial charge in [0.15, 0.2) is 0 Å². The number of rotatable bonds is 0. The molecule has 1 nitrogen and oxygen atoms in total. The lowest BCUT2D eigenvalue weighted by molar-refractivity contribution is 0.0706. The van der Waals surface area contributed by atoms with Crippen LogP contribution in [-0.2, 0) is 4.74 Å². The van der Waals surface area contributed by atoms with E-state index in [1.165, 1.54) is 25.0 Å². The molecular formula is C18H30O. The van der Waals surface area contributed by atoms with Crippen molar-refractivity contribution in [2.75, 3.05) is 0 Å². The van der Waals surface area contributed by atoms with Crippen LogP contribution in [0, 0.1) is 28.6 Å². The molecule has 0 aromatic rings. The van der Waals surface area contributed by atoms with E-state index in [9.17, 15) is 0 Å². The summed E-state index contributed by atoms with van der Waals surface area (Å²) < 4.78 is 6.42. The molecule has 3 atom stereocenters. The molecule has 0 bridgehead atoms. The highest BCUT2D eigenvalue weighted by Crippen LogP contribution is 2.66. The highest BCUT2D eigenvalue weighted by molar-refractivity contribution is 5.34. The van der Waals surface area contributed by atoms with Gasteiger partial charge < -0.3 is 4.74 Å². The first-order valence-electron chi connectivity index (χ1n) is 8.01. The Balaban J connectivity index is 2.15. The second-order valence-electron chi connectivity index (χ2n) is 8.94. The summed E-state index contributed by atoms with van der Waals surface area (Å²) >= 11 is 0. The van der Waals surface area contributed by atoms with Crippen LogP contribution in [0.15, 0.2) is 11.3 Å². The monoisotopic (exact) mass is 262 g/mol. The van der Waals surface area contributed by atoms with Crippen molar-refractivity contribution in [2.24, 2.45) is 28.6 Å². The van der Waals surface area contributed by atoms with E-state index >= 15 is 0 Å². The SMILES string of the molecule is C[C@@H]1C(C)(C)C2=C3OC(C)(C)C[C@H]3CC[C@H]2C1(C)C. The summed E-state index contributed by atoms with van der Waals surface area (Å²) in [6.07, 6.45) is 3.91. The Kier molecular flexibility index (Phi) is 2.56. The zero-order chi connectivity index (χ0) is 14.2. The molecule has 108 valence electrons. The van der Waals surface area contributed by atoms with Gasteiger partial charge in [-0.2, -0.15) is 0 Å². The van der Waals surface area contributed by atoms with Gasteiger partial charge in [-0.1, -0.05) is 34.6 Å². The van der Waals surface area contributed by atoms with Crippen LogP contribution < -0.4 is 0 Å². The first-order valence-corrected chi connectivity index (χ1v) is 8.01. The van der Waals surface area contributed by atoms with Crippen LogP contribution in [0.2, 0.25) is 0 Å². The van der Waals surface area contributed by atoms with Crippen molar-refractivity contribution in [1.29, 1.82) is 0 Å². The highest BCUT2D eigenvalue weighted by Gasteiger charge is 2.58. The maximum absolute atomic E-state index is 6.42. The molecule has 0 radical (unpaired) electrons. The van der Waals surface area contributed by atoms with E-state index < -0.39 is 0 Å². The fourth-order valence-electron chi connectivity index (χ4n) is 5.28. The fraction of sp³-hybridized carbons (Fsp3) is 0.889. The molecule has 1 aliphatic heterocycles. The van der Waals surface area contributed by atoms with E-state index in [0.717, 1.165) is 11.8 Å². The number of hydrogen-bond donors (Lipinski definition) is 0. The Hall–Kier alpha value is -0.460. The van der Waals surface area contributed by atoms with Crippen molar-refractivity contribution in [2.45, 2.75) is 73.3 Å². The van der Waals surface area contributed by atoms with Crippen LogP contribution in [0.5, 0.6) is 0 Å². The fourth-order valence-corrected chi connectivity index (χ4v) is 5.28. The van der Waals surface area contributed by atoms with Gasteiger partial charge in [0, 0.05) is 5.92 Å². The second kappa shape index (κ2) is 3.59. The molecule has 1 saturated heterocycles. The van der Waals surface area contributed by atoms with Gasteiger partial charge in [0.2, 0.25) is 0 Å². The summed E-state index contributed by atoms with van der Waals surface area (Å²) in [5.41, 5.74) is 2.43. The number of ether oxygens (including phenoxy) is 1. The van der Waals surface area contributed by atoms with Crippen LogP contribution in [-0.4, -0.2) is 5.60 Å². The molecule has 0 N–H and O–H groups in total. The van der Waals surface area contributed by atoms with Gasteiger partial charge >= 0.3 is 0 Å². The van der Waals surface area contributed by atoms with Crippen LogP contribution in [0.3, 0.4) is 0 Å². The van der Waals surface area contributed by atoms with Gasteiger partial charge in [0.25, 0.3) is 0 Å². The highest BCUT2D eigenvalue weighted by atomic mass is 16.5. The minimum absolute atomic E-state index is 0.0495. The van der Waals surface area contributed by atoms with E-state index in [1.54, 1.807) is 5.57 Å². The van der Waals surface area contributed by atoms with Gasteiger partial charge in [0.05, 0.1) is 0 Å². The van der Waals surface area contributed by atoms with Gasteiger partial charge in [0.1, 0.15) is 11.4 Å². The molecule has 0 unspecified atom stereocenters. The van der Waals surface area contributed by atoms with E-state index in [4.69, 9.17) is 4.74 Å². The lowest BCUT2D eigenvalue weighted by atomic mass is 9.70. The maximum atomic E-state index is 6.42. The molecular weight excluding hydrogens is 232 g/mol. The number of allylic oxidation sites excluding steroid dienone is 2. The molecule has 1 heterocycles. The Bertz CT molecular complexity index is 439. The van der Waals surface area contributed by atoms with Gasteiger partial charge in [-0.15, -0.1) is 0 Å². The molecule has 1 heteroatoms. The summed E-state index contributed by atoms with van der Waals surface area (Å²) in [5.74, 6) is 3.54. The first-order chi connectivity index (χ1) is 8.57. The Labute approximate surface area is 118 Å². The van der Waals surface area contributed by atoms with Crippen LogP contribution in [0.4, 0.5) is 0 Å². The van der Waals surface area contributed by atoms with Crippen LogP contribution >= 0.6 is 0 Å². The zero-order valence-electron chi connectivity index (χ0n) is 13.8. The zero-order valence-corrected chi connectivity index (χ0v) is 13.8. The number of hydrogen-bond acceptors (Lipinski definition) is 1. The maximum Gasteiger partial charge on any atom is 0.104 e. The quantitative estimate of drug-likeness (QED) is 0.585. The largest absolute Gasteiger partial charge is 0.492 e. The number of fused-ring (bicyclic) bond motifs is 2. The molecule has 19 heavy (non-hydrogen) atoms. The Morgan fingerprint density at radius 1 is 1.00 bits per heavy atom. The van der Waals surface area contributed by atoms with Crippen LogP contribution in [0.1, 0.15) is 67.7 Å². The second-order valence-corrected chi connectivity index (χ2v) is 8.94. The molecule has 1 saturated carbocycles. The Morgan fingerprint density at radius 3 is 2.26 bits per heavy atom. The van der Waals surface area contributed by atoms with Crippen molar-refractivity contribution in [3.05, 3.63) is 11.3 Å². The van der Waals surface area contributed by atoms with E-state index in [-0.39, 0.29) is 5.60 Å². The molecule has 0 aromatic heterocycles. The predicted octanol–water partition coefficient (Wildman–Crippen LogP) is 5.17. The summed E-state index contributed by atoms with van der Waals surface area (Å²) in [7, 11) is 0. The summed E-state index contributed by atoms with van der Waals surface area (Å²) in [4.78, 5) is 0. The normalized spacial score (nSPS) is 41.7. The lowest BCUT2D eigenvalue weighted by Crippen LogP contribution is -2.27. The molecule has 2 aliphatic carbocycles. The Morgan fingerprint density at radius 2 is 1.63 bits per heavy atom. The van der Waals surface area contributed by atoms with E-state index in [1.807, 2.05) is 0 Å². The van der Waals surface area contributed by atoms with Crippen molar-refractivity contribution in [3.8, 4) is 0 Å². The summed E-state index contributed by atoms with van der Waals surface area (Å²) in [6.45, 7) is 16.8. The third kappa shape index (κ3) is 1.66. The standard InChI is InChI=1S/C18H30O/c1-11-17(4,5)13-9-8-12-10-16(2,3)19-15(12)14(13)18(11,6)7/h11-13H,8-10H2,1-7H3/t11-,12+,13+/m0/s1. The van der Waals surface area contributed by atoms with Gasteiger partial charge in [-0.05, 0) is 61.3 Å². The smallest absolute Gasteiger partial charge is 0.104 e. The minimum atomic E-state index is 0.0495. The molecule has 3 aliphatic rings. The molecule has 0 spiro atoms. The van der Waals surface area contributed by atoms with Crippen molar-refractivity contribution >= 4 is 0 Å². The lowest BCUT2D eigenvalue weighted by Gasteiger charge is -2.34. The molecule has 3 rings (SSSR count). The molecule has 0 amide bonds. The average Bonchev–Trinajstić information content (AvgIpc) is 2.65. The van der Waals surface area contributed by atoms with Crippen molar-refractivity contribution < 1.29 is 4.74 Å². The third-order valence-electron chi connectivity index (χ3n) is 6.70. The van der Waals surface area contributed by atoms with Gasteiger partial charge in [-0.3, -0.25) is 0 Å². The summed E-state index contributed by atoms with van der Waals surface area (Å²) in [6, 6.07) is 0. The summed E-state index contributed by atoms with van der Waals surface area (Å²) in [5, 5.41) is 0. The minimum Gasteiger partial charge on any atom is -0.492 e. The molecule has 0 aromatic carbocycles. The first kappa shape index (κ1) is 13.5. The van der Waals surface area contributed by atoms with E-state index in [2.05, 4.69) is 48.5 Å². The van der Waals surface area contributed by atoms with Gasteiger partial charge in [-0.25, -0.2) is 0 Å². The van der Waals surface area contributed by atoms with Crippen molar-refractivity contribution in [3.63, 3.8) is 0 Å². The van der Waals surface area contributed by atoms with E-state index in [0.29, 0.717) is 16.7 Å². The molecule has 2 fully saturated rings.